The Balaban J connectivity index is 2.28. The average Bonchev–Trinajstić information content (AvgIpc) is 2.59. The van der Waals surface area contributed by atoms with Crippen LogP contribution in [0.3, 0.4) is 0 Å². The van der Waals surface area contributed by atoms with Gasteiger partial charge in [0.1, 0.15) is 5.60 Å². The molecule has 2 rings (SSSR count). The van der Waals surface area contributed by atoms with Gasteiger partial charge in [0.2, 0.25) is 5.90 Å². The molecule has 1 amide bonds. The Labute approximate surface area is 137 Å². The number of hydrogen-bond acceptors (Lipinski definition) is 4. The summed E-state index contributed by atoms with van der Waals surface area (Å²) in [6, 6.07) is 9.24. The number of hydrogen-bond donors (Lipinski definition) is 1. The van der Waals surface area contributed by atoms with E-state index in [-0.39, 0.29) is 18.4 Å². The Morgan fingerprint density at radius 3 is 2.35 bits per heavy atom. The first-order valence-corrected chi connectivity index (χ1v) is 8.43. The van der Waals surface area contributed by atoms with Crippen LogP contribution in [0.1, 0.15) is 52.4 Å². The van der Waals surface area contributed by atoms with Gasteiger partial charge in [-0.2, -0.15) is 5.01 Å². The van der Waals surface area contributed by atoms with Crippen LogP contribution in [0, 0.1) is 0 Å². The Morgan fingerprint density at radius 2 is 1.78 bits per heavy atom. The van der Waals surface area contributed by atoms with Crippen LogP contribution in [0.2, 0.25) is 0 Å². The second-order valence-corrected chi connectivity index (χ2v) is 5.97. The number of para-hydroxylation sites is 1. The molecule has 23 heavy (non-hydrogen) atoms. The number of hydrazone groups is 1. The summed E-state index contributed by atoms with van der Waals surface area (Å²) in [7, 11) is 0. The minimum atomic E-state index is -1.10. The Hall–Kier alpha value is -1.88. The SMILES string of the molecule is CCCCC(O)(CCCC)C1=NN(c2ccccc2)C(=O)CO1. The highest BCUT2D eigenvalue weighted by Gasteiger charge is 2.38. The second kappa shape index (κ2) is 8.11. The molecule has 0 aromatic heterocycles. The van der Waals surface area contributed by atoms with E-state index in [2.05, 4.69) is 18.9 Å². The van der Waals surface area contributed by atoms with Gasteiger partial charge < -0.3 is 9.84 Å². The van der Waals surface area contributed by atoms with E-state index >= 15 is 0 Å². The number of amides is 1. The third-order valence-corrected chi connectivity index (χ3v) is 4.05. The molecule has 0 radical (unpaired) electrons. The van der Waals surface area contributed by atoms with E-state index in [4.69, 9.17) is 4.74 Å². The number of aliphatic hydroxyl groups is 1. The van der Waals surface area contributed by atoms with Crippen molar-refractivity contribution in [3.8, 4) is 0 Å². The lowest BCUT2D eigenvalue weighted by atomic mass is 9.90. The Kier molecular flexibility index (Phi) is 6.16. The van der Waals surface area contributed by atoms with Gasteiger partial charge in [-0.15, -0.1) is 5.10 Å². The summed E-state index contributed by atoms with van der Waals surface area (Å²) in [5.74, 6) is 0.0381. The zero-order chi connectivity index (χ0) is 16.7. The van der Waals surface area contributed by atoms with Gasteiger partial charge in [0, 0.05) is 0 Å². The van der Waals surface area contributed by atoms with Crippen molar-refractivity contribution in [2.45, 2.75) is 58.0 Å². The number of nitrogens with zero attached hydrogens (tertiary/aromatic N) is 2. The predicted molar refractivity (Wildman–Crippen MR) is 91.3 cm³/mol. The highest BCUT2D eigenvalue weighted by atomic mass is 16.5. The van der Waals surface area contributed by atoms with Crippen molar-refractivity contribution in [1.29, 1.82) is 0 Å². The van der Waals surface area contributed by atoms with Crippen molar-refractivity contribution in [3.05, 3.63) is 30.3 Å². The van der Waals surface area contributed by atoms with Crippen LogP contribution in [0.5, 0.6) is 0 Å². The van der Waals surface area contributed by atoms with Crippen molar-refractivity contribution in [3.63, 3.8) is 0 Å². The molecule has 1 aromatic carbocycles. The molecule has 0 spiro atoms. The zero-order valence-corrected chi connectivity index (χ0v) is 14.0. The highest BCUT2D eigenvalue weighted by molar-refractivity contribution is 6.01. The molecule has 0 unspecified atom stereocenters. The van der Waals surface area contributed by atoms with E-state index in [0.717, 1.165) is 25.7 Å². The fraction of sp³-hybridized carbons (Fsp3) is 0.556. The largest absolute Gasteiger partial charge is 0.467 e. The molecule has 1 aliphatic heterocycles. The summed E-state index contributed by atoms with van der Waals surface area (Å²) in [5, 5.41) is 16.7. The van der Waals surface area contributed by atoms with Gasteiger partial charge in [-0.25, -0.2) is 0 Å². The first-order valence-electron chi connectivity index (χ1n) is 8.43. The van der Waals surface area contributed by atoms with E-state index in [0.29, 0.717) is 18.5 Å². The maximum Gasteiger partial charge on any atom is 0.285 e. The third kappa shape index (κ3) is 4.32. The molecule has 0 atom stereocenters. The zero-order valence-electron chi connectivity index (χ0n) is 14.0. The minimum absolute atomic E-state index is 0.0890. The second-order valence-electron chi connectivity index (χ2n) is 5.97. The van der Waals surface area contributed by atoms with E-state index in [9.17, 15) is 9.90 Å². The van der Waals surface area contributed by atoms with Crippen LogP contribution in [0.25, 0.3) is 0 Å². The molecule has 0 saturated heterocycles. The Morgan fingerprint density at radius 1 is 1.17 bits per heavy atom. The number of ether oxygens (including phenoxy) is 1. The summed E-state index contributed by atoms with van der Waals surface area (Å²) >= 11 is 0. The minimum Gasteiger partial charge on any atom is -0.467 e. The quantitative estimate of drug-likeness (QED) is 0.798. The normalized spacial score (nSPS) is 15.3. The number of carbonyl (C=O) groups is 1. The van der Waals surface area contributed by atoms with Gasteiger partial charge in [-0.1, -0.05) is 57.7 Å². The first kappa shape index (κ1) is 17.5. The maximum atomic E-state index is 12.1. The molecular formula is C18H26N2O3. The number of anilines is 1. The number of rotatable bonds is 8. The lowest BCUT2D eigenvalue weighted by Gasteiger charge is -2.33. The summed E-state index contributed by atoms with van der Waals surface area (Å²) in [6.45, 7) is 4.08. The standard InChI is InChI=1S/C18H26N2O3/c1-3-5-12-18(22,13-6-4-2)17-19-20(16(21)14-23-17)15-10-8-7-9-11-15/h7-11,22H,3-6,12-14H2,1-2H3. The van der Waals surface area contributed by atoms with Gasteiger partial charge in [0.25, 0.3) is 5.91 Å². The molecule has 0 fully saturated rings. The van der Waals surface area contributed by atoms with E-state index < -0.39 is 5.60 Å². The van der Waals surface area contributed by atoms with E-state index in [1.54, 1.807) is 0 Å². The summed E-state index contributed by atoms with van der Waals surface area (Å²) < 4.78 is 5.51. The topological polar surface area (TPSA) is 62.1 Å². The fourth-order valence-electron chi connectivity index (χ4n) is 2.64. The molecule has 0 saturated carbocycles. The molecule has 126 valence electrons. The van der Waals surface area contributed by atoms with Crippen LogP contribution in [0.4, 0.5) is 5.69 Å². The average molecular weight is 318 g/mol. The highest BCUT2D eigenvalue weighted by Crippen LogP contribution is 2.27. The predicted octanol–water partition coefficient (Wildman–Crippen LogP) is 3.47. The summed E-state index contributed by atoms with van der Waals surface area (Å²) in [4.78, 5) is 12.1. The van der Waals surface area contributed by atoms with Crippen LogP contribution in [-0.4, -0.2) is 29.1 Å². The molecule has 1 aromatic rings. The molecule has 1 heterocycles. The molecule has 5 nitrogen and oxygen atoms in total. The molecule has 0 bridgehead atoms. The van der Waals surface area contributed by atoms with Gasteiger partial charge in [-0.05, 0) is 25.0 Å². The van der Waals surface area contributed by atoms with Crippen molar-refractivity contribution < 1.29 is 14.6 Å². The van der Waals surface area contributed by atoms with Crippen LogP contribution >= 0.6 is 0 Å². The van der Waals surface area contributed by atoms with Crippen molar-refractivity contribution in [2.75, 3.05) is 11.6 Å². The van der Waals surface area contributed by atoms with Crippen LogP contribution in [0.15, 0.2) is 35.4 Å². The van der Waals surface area contributed by atoms with Crippen LogP contribution in [-0.2, 0) is 9.53 Å². The maximum absolute atomic E-state index is 12.1. The van der Waals surface area contributed by atoms with Crippen LogP contribution < -0.4 is 5.01 Å². The number of carbonyl (C=O) groups excluding carboxylic acids is 1. The van der Waals surface area contributed by atoms with Gasteiger partial charge in [0.15, 0.2) is 6.61 Å². The molecule has 1 aliphatic rings. The lowest BCUT2D eigenvalue weighted by molar-refractivity contribution is -0.122. The molecular weight excluding hydrogens is 292 g/mol. The van der Waals surface area contributed by atoms with Crippen molar-refractivity contribution >= 4 is 17.5 Å². The van der Waals surface area contributed by atoms with Crippen molar-refractivity contribution in [1.82, 2.24) is 0 Å². The monoisotopic (exact) mass is 318 g/mol. The van der Waals surface area contributed by atoms with Crippen molar-refractivity contribution in [2.24, 2.45) is 5.10 Å². The Bertz CT molecular complexity index is 534. The first-order chi connectivity index (χ1) is 11.1. The summed E-state index contributed by atoms with van der Waals surface area (Å²) in [5.41, 5.74) is -0.411. The molecule has 1 N–H and O–H groups in total. The van der Waals surface area contributed by atoms with E-state index in [1.807, 2.05) is 30.3 Å². The molecule has 5 heteroatoms. The number of benzene rings is 1. The smallest absolute Gasteiger partial charge is 0.285 e. The van der Waals surface area contributed by atoms with Gasteiger partial charge in [0.05, 0.1) is 5.69 Å². The third-order valence-electron chi connectivity index (χ3n) is 4.05. The van der Waals surface area contributed by atoms with E-state index in [1.165, 1.54) is 5.01 Å². The van der Waals surface area contributed by atoms with Gasteiger partial charge in [-0.3, -0.25) is 4.79 Å². The molecule has 0 aliphatic carbocycles. The fourth-order valence-corrected chi connectivity index (χ4v) is 2.64. The summed E-state index contributed by atoms with van der Waals surface area (Å²) in [6.07, 6.45) is 4.95. The van der Waals surface area contributed by atoms with Gasteiger partial charge >= 0.3 is 0 Å². The lowest BCUT2D eigenvalue weighted by Crippen LogP contribution is -2.47. The number of unbranched alkanes of at least 4 members (excludes halogenated alkanes) is 2.